The summed E-state index contributed by atoms with van der Waals surface area (Å²) in [6.45, 7) is 0.00540. The topological polar surface area (TPSA) is 69.4 Å². The molecule has 0 N–H and O–H groups in total. The maximum Gasteiger partial charge on any atom is 0.338 e. The van der Waals surface area contributed by atoms with Gasteiger partial charge in [0.2, 0.25) is 0 Å². The second kappa shape index (κ2) is 6.16. The number of carbonyl (C=O) groups excluding carboxylic acids is 1. The Labute approximate surface area is 119 Å². The molecule has 2 aromatic rings. The zero-order valence-electron chi connectivity index (χ0n) is 10.3. The standard InChI is InChI=1S/C14H10ClNO4/c15-12-8-10(6-7-13(12)16(18)19)9-20-14(17)11-4-2-1-3-5-11/h1-8H,9H2. The Morgan fingerprint density at radius 2 is 1.90 bits per heavy atom. The largest absolute Gasteiger partial charge is 0.457 e. The molecule has 0 aliphatic rings. The molecule has 0 aliphatic carbocycles. The van der Waals surface area contributed by atoms with Crippen molar-refractivity contribution in [3.8, 4) is 0 Å². The number of hydrogen-bond acceptors (Lipinski definition) is 4. The number of esters is 1. The lowest BCUT2D eigenvalue weighted by molar-refractivity contribution is -0.384. The highest BCUT2D eigenvalue weighted by Gasteiger charge is 2.13. The van der Waals surface area contributed by atoms with Crippen LogP contribution in [0.2, 0.25) is 5.02 Å². The van der Waals surface area contributed by atoms with E-state index in [0.29, 0.717) is 11.1 Å². The summed E-state index contributed by atoms with van der Waals surface area (Å²) in [6, 6.07) is 12.8. The molecule has 5 nitrogen and oxygen atoms in total. The number of halogens is 1. The molecule has 2 aromatic carbocycles. The molecule has 0 saturated carbocycles. The summed E-state index contributed by atoms with van der Waals surface area (Å²) in [4.78, 5) is 21.8. The molecule has 2 rings (SSSR count). The van der Waals surface area contributed by atoms with Crippen LogP contribution in [0.3, 0.4) is 0 Å². The van der Waals surface area contributed by atoms with E-state index in [1.54, 1.807) is 30.3 Å². The lowest BCUT2D eigenvalue weighted by atomic mass is 10.2. The number of carbonyl (C=O) groups is 1. The van der Waals surface area contributed by atoms with E-state index in [2.05, 4.69) is 0 Å². The van der Waals surface area contributed by atoms with Gasteiger partial charge in [0.25, 0.3) is 5.69 Å². The lowest BCUT2D eigenvalue weighted by Gasteiger charge is -2.05. The number of benzene rings is 2. The van der Waals surface area contributed by atoms with E-state index in [1.807, 2.05) is 0 Å². The van der Waals surface area contributed by atoms with Gasteiger partial charge in [0.15, 0.2) is 0 Å². The van der Waals surface area contributed by atoms with Crippen LogP contribution < -0.4 is 0 Å². The zero-order chi connectivity index (χ0) is 14.5. The number of ether oxygens (including phenoxy) is 1. The highest BCUT2D eigenvalue weighted by molar-refractivity contribution is 6.32. The van der Waals surface area contributed by atoms with Gasteiger partial charge in [-0.2, -0.15) is 0 Å². The van der Waals surface area contributed by atoms with E-state index in [9.17, 15) is 14.9 Å². The van der Waals surface area contributed by atoms with Gasteiger partial charge >= 0.3 is 5.97 Å². The maximum atomic E-state index is 11.7. The van der Waals surface area contributed by atoms with Crippen LogP contribution in [0.25, 0.3) is 0 Å². The minimum absolute atomic E-state index is 0.00540. The number of nitrogens with zero attached hydrogens (tertiary/aromatic N) is 1. The first kappa shape index (κ1) is 14.0. The quantitative estimate of drug-likeness (QED) is 0.490. The van der Waals surface area contributed by atoms with Gasteiger partial charge in [-0.3, -0.25) is 10.1 Å². The first-order valence-corrected chi connectivity index (χ1v) is 6.10. The summed E-state index contributed by atoms with van der Waals surface area (Å²) >= 11 is 5.77. The molecule has 0 radical (unpaired) electrons. The van der Waals surface area contributed by atoms with Crippen LogP contribution in [0.1, 0.15) is 15.9 Å². The minimum Gasteiger partial charge on any atom is -0.457 e. The minimum atomic E-state index is -0.567. The lowest BCUT2D eigenvalue weighted by Crippen LogP contribution is -2.05. The van der Waals surface area contributed by atoms with Crippen molar-refractivity contribution in [3.63, 3.8) is 0 Å². The summed E-state index contributed by atoms with van der Waals surface area (Å²) in [7, 11) is 0. The Morgan fingerprint density at radius 3 is 2.50 bits per heavy atom. The molecule has 6 heteroatoms. The summed E-state index contributed by atoms with van der Waals surface area (Å²) in [5, 5.41) is 10.6. The highest BCUT2D eigenvalue weighted by atomic mass is 35.5. The summed E-state index contributed by atoms with van der Waals surface area (Å²) in [5.41, 5.74) is 0.857. The van der Waals surface area contributed by atoms with Crippen LogP contribution in [0.5, 0.6) is 0 Å². The average molecular weight is 292 g/mol. The van der Waals surface area contributed by atoms with Gasteiger partial charge in [-0.15, -0.1) is 0 Å². The van der Waals surface area contributed by atoms with Crippen LogP contribution in [0.15, 0.2) is 48.5 Å². The molecular weight excluding hydrogens is 282 g/mol. The maximum absolute atomic E-state index is 11.7. The third kappa shape index (κ3) is 3.33. The van der Waals surface area contributed by atoms with Gasteiger partial charge in [0.05, 0.1) is 10.5 Å². The van der Waals surface area contributed by atoms with E-state index in [1.165, 1.54) is 18.2 Å². The Hall–Kier alpha value is -2.40. The summed E-state index contributed by atoms with van der Waals surface area (Å²) in [5.74, 6) is -0.458. The van der Waals surface area contributed by atoms with E-state index >= 15 is 0 Å². The first-order valence-electron chi connectivity index (χ1n) is 5.73. The molecule has 102 valence electrons. The Morgan fingerprint density at radius 1 is 1.20 bits per heavy atom. The van der Waals surface area contributed by atoms with E-state index in [4.69, 9.17) is 16.3 Å². The van der Waals surface area contributed by atoms with Crippen LogP contribution in [-0.2, 0) is 11.3 Å². The Kier molecular flexibility index (Phi) is 4.32. The van der Waals surface area contributed by atoms with Crippen LogP contribution in [-0.4, -0.2) is 10.9 Å². The van der Waals surface area contributed by atoms with Gasteiger partial charge in [-0.05, 0) is 29.8 Å². The Bertz CT molecular complexity index is 643. The molecule has 0 aromatic heterocycles. The van der Waals surface area contributed by atoms with Gasteiger partial charge in [-0.1, -0.05) is 29.8 Å². The highest BCUT2D eigenvalue weighted by Crippen LogP contribution is 2.25. The number of nitro groups is 1. The summed E-state index contributed by atoms with van der Waals surface area (Å²) < 4.78 is 5.10. The Balaban J connectivity index is 2.03. The van der Waals surface area contributed by atoms with Crippen LogP contribution in [0, 0.1) is 10.1 Å². The van der Waals surface area contributed by atoms with Crippen LogP contribution in [0.4, 0.5) is 5.69 Å². The molecule has 0 unspecified atom stereocenters. The molecular formula is C14H10ClNO4. The van der Waals surface area contributed by atoms with Gasteiger partial charge in [-0.25, -0.2) is 4.79 Å². The van der Waals surface area contributed by atoms with Crippen molar-refractivity contribution in [1.29, 1.82) is 0 Å². The van der Waals surface area contributed by atoms with Crippen molar-refractivity contribution >= 4 is 23.3 Å². The van der Waals surface area contributed by atoms with Crippen molar-refractivity contribution in [2.75, 3.05) is 0 Å². The average Bonchev–Trinajstić information content (AvgIpc) is 2.45. The molecule has 20 heavy (non-hydrogen) atoms. The molecule has 0 saturated heterocycles. The zero-order valence-corrected chi connectivity index (χ0v) is 11.0. The van der Waals surface area contributed by atoms with Crippen molar-refractivity contribution in [2.24, 2.45) is 0 Å². The fraction of sp³-hybridized carbons (Fsp3) is 0.0714. The second-order valence-electron chi connectivity index (χ2n) is 3.99. The third-order valence-corrected chi connectivity index (χ3v) is 2.89. The molecule has 0 spiro atoms. The molecule has 0 fully saturated rings. The fourth-order valence-electron chi connectivity index (χ4n) is 1.59. The van der Waals surface area contributed by atoms with E-state index in [-0.39, 0.29) is 17.3 Å². The van der Waals surface area contributed by atoms with Gasteiger partial charge in [0.1, 0.15) is 11.6 Å². The first-order chi connectivity index (χ1) is 9.58. The molecule has 0 aliphatic heterocycles. The van der Waals surface area contributed by atoms with E-state index in [0.717, 1.165) is 0 Å². The SMILES string of the molecule is O=C(OCc1ccc([N+](=O)[O-])c(Cl)c1)c1ccccc1. The molecule has 0 amide bonds. The number of hydrogen-bond donors (Lipinski definition) is 0. The predicted octanol–water partition coefficient (Wildman–Crippen LogP) is 3.61. The second-order valence-corrected chi connectivity index (χ2v) is 4.39. The molecule has 0 bridgehead atoms. The molecule has 0 atom stereocenters. The van der Waals surface area contributed by atoms with Gasteiger partial charge in [0, 0.05) is 6.07 Å². The smallest absolute Gasteiger partial charge is 0.338 e. The van der Waals surface area contributed by atoms with Crippen molar-refractivity contribution in [1.82, 2.24) is 0 Å². The normalized spacial score (nSPS) is 10.1. The fourth-order valence-corrected chi connectivity index (χ4v) is 1.87. The van der Waals surface area contributed by atoms with Gasteiger partial charge < -0.3 is 4.74 Å². The van der Waals surface area contributed by atoms with Crippen molar-refractivity contribution in [2.45, 2.75) is 6.61 Å². The third-order valence-electron chi connectivity index (χ3n) is 2.59. The molecule has 0 heterocycles. The van der Waals surface area contributed by atoms with Crippen molar-refractivity contribution in [3.05, 3.63) is 74.8 Å². The monoisotopic (exact) mass is 291 g/mol. The van der Waals surface area contributed by atoms with Crippen LogP contribution >= 0.6 is 11.6 Å². The summed E-state index contributed by atoms with van der Waals surface area (Å²) in [6.07, 6.45) is 0. The predicted molar refractivity (Wildman–Crippen MR) is 73.7 cm³/mol. The number of rotatable bonds is 4. The van der Waals surface area contributed by atoms with Crippen molar-refractivity contribution < 1.29 is 14.5 Å². The van der Waals surface area contributed by atoms with E-state index < -0.39 is 10.9 Å². The number of nitro benzene ring substituents is 1.